The van der Waals surface area contributed by atoms with Crippen LogP contribution in [0.25, 0.3) is 6.08 Å². The van der Waals surface area contributed by atoms with Crippen LogP contribution in [0.5, 0.6) is 0 Å². The summed E-state index contributed by atoms with van der Waals surface area (Å²) in [5.74, 6) is 0.613. The van der Waals surface area contributed by atoms with Crippen LogP contribution in [0.15, 0.2) is 38.5 Å². The van der Waals surface area contributed by atoms with Gasteiger partial charge in [0.25, 0.3) is 5.91 Å². The molecule has 2 aliphatic heterocycles. The molecule has 0 bridgehead atoms. The number of nitrogens with zero attached hydrogens (tertiary/aromatic N) is 3. The summed E-state index contributed by atoms with van der Waals surface area (Å²) in [5, 5.41) is 15.8. The highest BCUT2D eigenvalue weighted by Gasteiger charge is 2.38. The molecule has 1 amide bonds. The van der Waals surface area contributed by atoms with Gasteiger partial charge in [0.2, 0.25) is 5.17 Å². The molecular formula is C16H16N4O2S. The summed E-state index contributed by atoms with van der Waals surface area (Å²) >= 11 is 1.43. The van der Waals surface area contributed by atoms with Gasteiger partial charge in [-0.3, -0.25) is 10.2 Å². The van der Waals surface area contributed by atoms with Crippen LogP contribution in [0.3, 0.4) is 0 Å². The monoisotopic (exact) mass is 328 g/mol. The van der Waals surface area contributed by atoms with E-state index in [0.29, 0.717) is 16.8 Å². The molecule has 0 radical (unpaired) electrons. The number of thioether (sulfide) groups is 1. The van der Waals surface area contributed by atoms with E-state index in [4.69, 9.17) is 9.83 Å². The second-order valence-electron chi connectivity index (χ2n) is 5.81. The number of rotatable bonds is 2. The summed E-state index contributed by atoms with van der Waals surface area (Å²) in [7, 11) is 0. The molecule has 1 fully saturated rings. The first-order valence-corrected chi connectivity index (χ1v) is 8.57. The molecule has 0 saturated heterocycles. The van der Waals surface area contributed by atoms with Crippen molar-refractivity contribution in [3.05, 3.63) is 29.7 Å². The van der Waals surface area contributed by atoms with Crippen LogP contribution in [0.4, 0.5) is 0 Å². The molecule has 0 unspecified atom stereocenters. The normalized spacial score (nSPS) is 24.0. The van der Waals surface area contributed by atoms with E-state index in [0.717, 1.165) is 17.9 Å². The zero-order chi connectivity index (χ0) is 15.8. The number of carbonyl (C=O) groups is 1. The Bertz CT molecular complexity index is 742. The average Bonchev–Trinajstić information content (AvgIpc) is 3.22. The van der Waals surface area contributed by atoms with Gasteiger partial charge < -0.3 is 4.42 Å². The quantitative estimate of drug-likeness (QED) is 0.843. The van der Waals surface area contributed by atoms with Gasteiger partial charge in [-0.1, -0.05) is 19.3 Å². The molecule has 1 aromatic rings. The number of amidine groups is 2. The van der Waals surface area contributed by atoms with E-state index in [1.54, 1.807) is 18.2 Å². The molecule has 0 atom stereocenters. The maximum atomic E-state index is 12.2. The first kappa shape index (κ1) is 14.4. The van der Waals surface area contributed by atoms with Crippen LogP contribution >= 0.6 is 11.8 Å². The zero-order valence-electron chi connectivity index (χ0n) is 12.5. The lowest BCUT2D eigenvalue weighted by Gasteiger charge is -2.20. The SMILES string of the molecule is N=C1C(=Cc2ccco2)C(=O)N=C2SC(C3CCCCC3)=NN12. The molecule has 4 rings (SSSR count). The third-order valence-corrected chi connectivity index (χ3v) is 5.33. The van der Waals surface area contributed by atoms with Crippen LogP contribution in [0.2, 0.25) is 0 Å². The molecular weight excluding hydrogens is 312 g/mol. The molecule has 3 aliphatic rings. The highest BCUT2D eigenvalue weighted by atomic mass is 32.2. The summed E-state index contributed by atoms with van der Waals surface area (Å²) < 4.78 is 5.23. The Hall–Kier alpha value is -2.15. The third kappa shape index (κ3) is 2.65. The van der Waals surface area contributed by atoms with E-state index in [9.17, 15) is 4.79 Å². The number of hydrogen-bond acceptors (Lipinski definition) is 5. The van der Waals surface area contributed by atoms with E-state index in [1.807, 2.05) is 0 Å². The highest BCUT2D eigenvalue weighted by molar-refractivity contribution is 8.27. The number of fused-ring (bicyclic) bond motifs is 1. The maximum absolute atomic E-state index is 12.2. The number of hydrogen-bond donors (Lipinski definition) is 1. The number of carbonyl (C=O) groups excluding carboxylic acids is 1. The number of furan rings is 1. The molecule has 1 aromatic heterocycles. The van der Waals surface area contributed by atoms with Crippen LogP contribution in [0.1, 0.15) is 37.9 Å². The van der Waals surface area contributed by atoms with Crippen molar-refractivity contribution in [2.24, 2.45) is 16.0 Å². The fraction of sp³-hybridized carbons (Fsp3) is 0.375. The predicted octanol–water partition coefficient (Wildman–Crippen LogP) is 3.48. The minimum Gasteiger partial charge on any atom is -0.465 e. The van der Waals surface area contributed by atoms with Gasteiger partial charge in [0.05, 0.1) is 11.8 Å². The molecule has 0 aromatic carbocycles. The molecule has 0 spiro atoms. The number of hydrazone groups is 1. The highest BCUT2D eigenvalue weighted by Crippen LogP contribution is 2.36. The Labute approximate surface area is 137 Å². The zero-order valence-corrected chi connectivity index (χ0v) is 13.3. The smallest absolute Gasteiger partial charge is 0.283 e. The van der Waals surface area contributed by atoms with Gasteiger partial charge in [0.15, 0.2) is 5.84 Å². The van der Waals surface area contributed by atoms with Crippen molar-refractivity contribution in [2.75, 3.05) is 0 Å². The number of amides is 1. The summed E-state index contributed by atoms with van der Waals surface area (Å²) in [5.41, 5.74) is 0.206. The summed E-state index contributed by atoms with van der Waals surface area (Å²) in [4.78, 5) is 16.3. The van der Waals surface area contributed by atoms with E-state index in [2.05, 4.69) is 10.1 Å². The van der Waals surface area contributed by atoms with Crippen LogP contribution in [-0.2, 0) is 4.79 Å². The van der Waals surface area contributed by atoms with Gasteiger partial charge in [-0.05, 0) is 42.8 Å². The van der Waals surface area contributed by atoms with Crippen LogP contribution in [-0.4, -0.2) is 27.0 Å². The first-order chi connectivity index (χ1) is 11.2. The minimum atomic E-state index is -0.412. The van der Waals surface area contributed by atoms with Crippen LogP contribution < -0.4 is 0 Å². The summed E-state index contributed by atoms with van der Waals surface area (Å²) in [6.07, 6.45) is 9.05. The van der Waals surface area contributed by atoms with Gasteiger partial charge >= 0.3 is 0 Å². The van der Waals surface area contributed by atoms with Gasteiger partial charge in [-0.15, -0.1) is 0 Å². The second-order valence-corrected chi connectivity index (χ2v) is 6.80. The Morgan fingerprint density at radius 3 is 2.91 bits per heavy atom. The lowest BCUT2D eigenvalue weighted by atomic mass is 9.90. The molecule has 1 N–H and O–H groups in total. The molecule has 1 aliphatic carbocycles. The van der Waals surface area contributed by atoms with Crippen molar-refractivity contribution in [3.63, 3.8) is 0 Å². The fourth-order valence-corrected chi connectivity index (χ4v) is 4.10. The van der Waals surface area contributed by atoms with E-state index in [-0.39, 0.29) is 11.4 Å². The summed E-state index contributed by atoms with van der Waals surface area (Å²) in [6.45, 7) is 0. The molecule has 23 heavy (non-hydrogen) atoms. The average molecular weight is 328 g/mol. The topological polar surface area (TPSA) is 82.0 Å². The Morgan fingerprint density at radius 2 is 2.17 bits per heavy atom. The standard InChI is InChI=1S/C16H16N4O2S/c17-13-12(9-11-7-4-8-22-11)14(21)18-16-20(13)19-15(23-16)10-5-2-1-3-6-10/h4,7-10,17H,1-3,5-6H2. The van der Waals surface area contributed by atoms with Crippen molar-refractivity contribution in [3.8, 4) is 0 Å². The number of aliphatic imine (C=N–C) groups is 1. The van der Waals surface area contributed by atoms with Crippen molar-refractivity contribution in [1.82, 2.24) is 5.01 Å². The molecule has 7 heteroatoms. The van der Waals surface area contributed by atoms with Gasteiger partial charge in [0, 0.05) is 5.92 Å². The Kier molecular flexibility index (Phi) is 3.65. The van der Waals surface area contributed by atoms with E-state index in [1.165, 1.54) is 42.3 Å². The van der Waals surface area contributed by atoms with Crippen molar-refractivity contribution in [2.45, 2.75) is 32.1 Å². The van der Waals surface area contributed by atoms with Gasteiger partial charge in [-0.2, -0.15) is 15.1 Å². The van der Waals surface area contributed by atoms with Crippen molar-refractivity contribution < 1.29 is 9.21 Å². The Balaban J connectivity index is 1.63. The lowest BCUT2D eigenvalue weighted by Crippen LogP contribution is -2.35. The number of nitrogens with one attached hydrogen (secondary N) is 1. The van der Waals surface area contributed by atoms with Gasteiger partial charge in [0.1, 0.15) is 10.8 Å². The molecule has 3 heterocycles. The molecule has 1 saturated carbocycles. The third-order valence-electron chi connectivity index (χ3n) is 4.25. The van der Waals surface area contributed by atoms with Gasteiger partial charge in [-0.25, -0.2) is 0 Å². The Morgan fingerprint density at radius 1 is 1.35 bits per heavy atom. The van der Waals surface area contributed by atoms with Crippen molar-refractivity contribution in [1.29, 1.82) is 5.41 Å². The largest absolute Gasteiger partial charge is 0.465 e. The summed E-state index contributed by atoms with van der Waals surface area (Å²) in [6, 6.07) is 3.48. The molecule has 118 valence electrons. The first-order valence-electron chi connectivity index (χ1n) is 7.76. The minimum absolute atomic E-state index is 0.0645. The van der Waals surface area contributed by atoms with E-state index < -0.39 is 5.91 Å². The van der Waals surface area contributed by atoms with Crippen LogP contribution in [0, 0.1) is 11.3 Å². The van der Waals surface area contributed by atoms with Crippen molar-refractivity contribution >= 4 is 39.8 Å². The maximum Gasteiger partial charge on any atom is 0.283 e. The fourth-order valence-electron chi connectivity index (χ4n) is 3.04. The predicted molar refractivity (Wildman–Crippen MR) is 90.3 cm³/mol. The van der Waals surface area contributed by atoms with E-state index >= 15 is 0 Å². The second kappa shape index (κ2) is 5.81. The lowest BCUT2D eigenvalue weighted by molar-refractivity contribution is -0.114. The molecule has 6 nitrogen and oxygen atoms in total.